The zero-order valence-corrected chi connectivity index (χ0v) is 19.6. The average molecular weight is 473 g/mol. The van der Waals surface area contributed by atoms with Gasteiger partial charge in [0.25, 0.3) is 5.91 Å². The molecule has 0 unspecified atom stereocenters. The average Bonchev–Trinajstić information content (AvgIpc) is 2.95. The molecule has 1 amide bonds. The summed E-state index contributed by atoms with van der Waals surface area (Å²) in [6.07, 6.45) is 0. The second kappa shape index (κ2) is 10.7. The van der Waals surface area contributed by atoms with Crippen LogP contribution < -0.4 is 5.32 Å². The summed E-state index contributed by atoms with van der Waals surface area (Å²) in [4.78, 5) is 30.0. The number of fused-ring (bicyclic) bond motifs is 1. The number of pyridine rings is 1. The molecule has 4 aromatic carbocycles. The summed E-state index contributed by atoms with van der Waals surface area (Å²) in [5.41, 5.74) is 5.80. The van der Waals surface area contributed by atoms with Gasteiger partial charge >= 0.3 is 5.97 Å². The molecular formula is C31H24N2O3. The van der Waals surface area contributed by atoms with E-state index >= 15 is 0 Å². The van der Waals surface area contributed by atoms with Gasteiger partial charge in [-0.05, 0) is 28.8 Å². The molecule has 0 spiro atoms. The Bertz CT molecular complexity index is 1500. The third-order valence-electron chi connectivity index (χ3n) is 5.89. The van der Waals surface area contributed by atoms with Crippen LogP contribution in [0.4, 0.5) is 0 Å². The topological polar surface area (TPSA) is 68.3 Å². The molecule has 36 heavy (non-hydrogen) atoms. The lowest BCUT2D eigenvalue weighted by Gasteiger charge is -2.11. The van der Waals surface area contributed by atoms with Crippen LogP contribution in [0, 0.1) is 0 Å². The molecule has 0 fully saturated rings. The summed E-state index contributed by atoms with van der Waals surface area (Å²) in [6, 6.07) is 36.9. The maximum atomic E-state index is 13.0. The van der Waals surface area contributed by atoms with Crippen LogP contribution in [0.15, 0.2) is 115 Å². The predicted octanol–water partition coefficient (Wildman–Crippen LogP) is 6.04. The molecule has 1 aromatic heterocycles. The standard InChI is InChI=1S/C31H24N2O3/c34-30(32-20-22-9-3-1-4-10-22)21-36-31(35)27-19-29(33-28-14-8-7-13-26(27)28)25-17-15-24(16-18-25)23-11-5-2-6-12-23/h1-19H,20-21H2,(H,32,34). The third-order valence-corrected chi connectivity index (χ3v) is 5.89. The van der Waals surface area contributed by atoms with Gasteiger partial charge < -0.3 is 10.1 Å². The first-order chi connectivity index (χ1) is 17.7. The molecule has 5 rings (SSSR count). The zero-order valence-electron chi connectivity index (χ0n) is 19.6. The summed E-state index contributed by atoms with van der Waals surface area (Å²) in [5.74, 6) is -0.923. The highest BCUT2D eigenvalue weighted by Crippen LogP contribution is 2.28. The minimum Gasteiger partial charge on any atom is -0.452 e. The van der Waals surface area contributed by atoms with Crippen LogP contribution in [-0.4, -0.2) is 23.5 Å². The van der Waals surface area contributed by atoms with Gasteiger partial charge in [0.1, 0.15) is 0 Å². The van der Waals surface area contributed by atoms with E-state index in [0.29, 0.717) is 28.7 Å². The minimum atomic E-state index is -0.564. The van der Waals surface area contributed by atoms with E-state index < -0.39 is 5.97 Å². The first-order valence-electron chi connectivity index (χ1n) is 11.7. The molecule has 5 heteroatoms. The Kier molecular flexibility index (Phi) is 6.81. The highest BCUT2D eigenvalue weighted by molar-refractivity contribution is 6.05. The van der Waals surface area contributed by atoms with E-state index in [2.05, 4.69) is 17.4 Å². The third kappa shape index (κ3) is 5.31. The molecule has 1 heterocycles. The molecule has 0 atom stereocenters. The maximum Gasteiger partial charge on any atom is 0.339 e. The number of nitrogens with one attached hydrogen (secondary N) is 1. The fraction of sp³-hybridized carbons (Fsp3) is 0.0645. The van der Waals surface area contributed by atoms with Crippen molar-refractivity contribution in [2.45, 2.75) is 6.54 Å². The molecule has 176 valence electrons. The van der Waals surface area contributed by atoms with E-state index in [9.17, 15) is 9.59 Å². The molecule has 5 aromatic rings. The Morgan fingerprint density at radius 2 is 1.31 bits per heavy atom. The number of hydrogen-bond donors (Lipinski definition) is 1. The molecular weight excluding hydrogens is 448 g/mol. The van der Waals surface area contributed by atoms with Crippen LogP contribution in [0.3, 0.4) is 0 Å². The number of nitrogens with zero attached hydrogens (tertiary/aromatic N) is 1. The SMILES string of the molecule is O=C(COC(=O)c1cc(-c2ccc(-c3ccccc3)cc2)nc2ccccc12)NCc1ccccc1. The molecule has 0 aliphatic heterocycles. The van der Waals surface area contributed by atoms with Gasteiger partial charge in [0.2, 0.25) is 0 Å². The summed E-state index contributed by atoms with van der Waals surface area (Å²) in [6.45, 7) is 0.0158. The normalized spacial score (nSPS) is 10.7. The fourth-order valence-electron chi connectivity index (χ4n) is 4.01. The van der Waals surface area contributed by atoms with Gasteiger partial charge in [0.05, 0.1) is 16.8 Å². The van der Waals surface area contributed by atoms with E-state index in [1.807, 2.05) is 97.1 Å². The molecule has 5 nitrogen and oxygen atoms in total. The van der Waals surface area contributed by atoms with Crippen LogP contribution in [0.1, 0.15) is 15.9 Å². The zero-order chi connectivity index (χ0) is 24.7. The largest absolute Gasteiger partial charge is 0.452 e. The van der Waals surface area contributed by atoms with E-state index in [1.165, 1.54) is 0 Å². The molecule has 0 aliphatic rings. The number of benzene rings is 4. The number of aromatic nitrogens is 1. The number of esters is 1. The van der Waals surface area contributed by atoms with Gasteiger partial charge in [-0.25, -0.2) is 9.78 Å². The van der Waals surface area contributed by atoms with Gasteiger partial charge in [-0.15, -0.1) is 0 Å². The molecule has 0 saturated carbocycles. The van der Waals surface area contributed by atoms with E-state index in [1.54, 1.807) is 6.07 Å². The second-order valence-corrected chi connectivity index (χ2v) is 8.35. The highest BCUT2D eigenvalue weighted by Gasteiger charge is 2.16. The van der Waals surface area contributed by atoms with Crippen molar-refractivity contribution in [1.82, 2.24) is 10.3 Å². The van der Waals surface area contributed by atoms with Gasteiger partial charge in [-0.2, -0.15) is 0 Å². The van der Waals surface area contributed by atoms with Crippen molar-refractivity contribution in [2.24, 2.45) is 0 Å². The Balaban J connectivity index is 1.34. The van der Waals surface area contributed by atoms with E-state index in [0.717, 1.165) is 22.3 Å². The molecule has 1 N–H and O–H groups in total. The van der Waals surface area contributed by atoms with Gasteiger partial charge in [-0.3, -0.25) is 4.79 Å². The number of carbonyl (C=O) groups excluding carboxylic acids is 2. The predicted molar refractivity (Wildman–Crippen MR) is 141 cm³/mol. The maximum absolute atomic E-state index is 13.0. The lowest BCUT2D eigenvalue weighted by atomic mass is 10.0. The van der Waals surface area contributed by atoms with Gasteiger partial charge in [0, 0.05) is 17.5 Å². The fourth-order valence-corrected chi connectivity index (χ4v) is 4.01. The van der Waals surface area contributed by atoms with Crippen molar-refractivity contribution >= 4 is 22.8 Å². The van der Waals surface area contributed by atoms with Crippen LogP contribution in [0.25, 0.3) is 33.3 Å². The Morgan fingerprint density at radius 1 is 0.694 bits per heavy atom. The van der Waals surface area contributed by atoms with Crippen molar-refractivity contribution < 1.29 is 14.3 Å². The summed E-state index contributed by atoms with van der Waals surface area (Å²) in [7, 11) is 0. The summed E-state index contributed by atoms with van der Waals surface area (Å²) < 4.78 is 5.38. The van der Waals surface area contributed by atoms with Crippen LogP contribution >= 0.6 is 0 Å². The summed E-state index contributed by atoms with van der Waals surface area (Å²) >= 11 is 0. The highest BCUT2D eigenvalue weighted by atomic mass is 16.5. The monoisotopic (exact) mass is 472 g/mol. The van der Waals surface area contributed by atoms with E-state index in [-0.39, 0.29) is 12.5 Å². The Hall–Kier alpha value is -4.77. The lowest BCUT2D eigenvalue weighted by molar-refractivity contribution is -0.124. The van der Waals surface area contributed by atoms with Crippen LogP contribution in [-0.2, 0) is 16.1 Å². The Morgan fingerprint density at radius 3 is 2.06 bits per heavy atom. The van der Waals surface area contributed by atoms with Crippen molar-refractivity contribution in [2.75, 3.05) is 6.61 Å². The number of carbonyl (C=O) groups is 2. The second-order valence-electron chi connectivity index (χ2n) is 8.35. The molecule has 0 bridgehead atoms. The van der Waals surface area contributed by atoms with Crippen molar-refractivity contribution in [3.63, 3.8) is 0 Å². The van der Waals surface area contributed by atoms with E-state index in [4.69, 9.17) is 9.72 Å². The minimum absolute atomic E-state index is 0.358. The Labute approximate surface area is 209 Å². The van der Waals surface area contributed by atoms with Crippen molar-refractivity contribution in [3.8, 4) is 22.4 Å². The molecule has 0 aliphatic carbocycles. The number of ether oxygens (including phenoxy) is 1. The van der Waals surface area contributed by atoms with Gasteiger partial charge in [-0.1, -0.05) is 103 Å². The molecule has 0 radical (unpaired) electrons. The first kappa shape index (κ1) is 23.0. The molecule has 0 saturated heterocycles. The number of para-hydroxylation sites is 1. The van der Waals surface area contributed by atoms with Crippen molar-refractivity contribution in [1.29, 1.82) is 0 Å². The number of rotatable bonds is 7. The lowest BCUT2D eigenvalue weighted by Crippen LogP contribution is -2.28. The first-order valence-corrected chi connectivity index (χ1v) is 11.7. The smallest absolute Gasteiger partial charge is 0.339 e. The number of amides is 1. The number of hydrogen-bond acceptors (Lipinski definition) is 4. The van der Waals surface area contributed by atoms with Crippen LogP contribution in [0.5, 0.6) is 0 Å². The van der Waals surface area contributed by atoms with Crippen LogP contribution in [0.2, 0.25) is 0 Å². The van der Waals surface area contributed by atoms with Crippen molar-refractivity contribution in [3.05, 3.63) is 126 Å². The van der Waals surface area contributed by atoms with Gasteiger partial charge in [0.15, 0.2) is 6.61 Å². The summed E-state index contributed by atoms with van der Waals surface area (Å²) in [5, 5.41) is 3.45. The quantitative estimate of drug-likeness (QED) is 0.293.